The van der Waals surface area contributed by atoms with Crippen molar-refractivity contribution in [3.63, 3.8) is 0 Å². The van der Waals surface area contributed by atoms with Crippen LogP contribution < -0.4 is 0 Å². The molecule has 2 heteroatoms. The Morgan fingerprint density at radius 3 is 2.60 bits per heavy atom. The van der Waals surface area contributed by atoms with Gasteiger partial charge in [0.2, 0.25) is 0 Å². The molecule has 0 spiro atoms. The molecule has 1 fully saturated rings. The third-order valence-corrected chi connectivity index (χ3v) is 5.03. The molecule has 1 rings (SSSR count). The average molecular weight is 277 g/mol. The van der Waals surface area contributed by atoms with Gasteiger partial charge < -0.3 is 4.74 Å². The summed E-state index contributed by atoms with van der Waals surface area (Å²) in [5, 5.41) is 0. The summed E-state index contributed by atoms with van der Waals surface area (Å²) in [7, 11) is 1.81. The number of hydrogen-bond acceptors (Lipinski definition) is 1. The smallest absolute Gasteiger partial charge is 0.0622 e. The van der Waals surface area contributed by atoms with Crippen LogP contribution in [0.4, 0.5) is 0 Å². The zero-order valence-corrected chi connectivity index (χ0v) is 12.1. The number of alkyl halides is 1. The lowest BCUT2D eigenvalue weighted by Crippen LogP contribution is -2.28. The van der Waals surface area contributed by atoms with E-state index in [4.69, 9.17) is 4.74 Å². The Morgan fingerprint density at radius 1 is 1.33 bits per heavy atom. The van der Waals surface area contributed by atoms with E-state index in [9.17, 15) is 0 Å². The Balaban J connectivity index is 2.36. The van der Waals surface area contributed by atoms with Crippen LogP contribution in [-0.2, 0) is 4.74 Å². The lowest BCUT2D eigenvalue weighted by atomic mass is 9.79. The van der Waals surface area contributed by atoms with E-state index in [-0.39, 0.29) is 5.60 Å². The number of hydrogen-bond donors (Lipinski definition) is 0. The van der Waals surface area contributed by atoms with Crippen LogP contribution in [0.1, 0.15) is 52.9 Å². The molecule has 0 aromatic carbocycles. The van der Waals surface area contributed by atoms with Crippen LogP contribution in [0.25, 0.3) is 0 Å². The van der Waals surface area contributed by atoms with Crippen molar-refractivity contribution >= 4 is 15.9 Å². The van der Waals surface area contributed by atoms with E-state index < -0.39 is 0 Å². The number of methoxy groups -OCH3 is 1. The van der Waals surface area contributed by atoms with Crippen molar-refractivity contribution in [1.82, 2.24) is 0 Å². The van der Waals surface area contributed by atoms with E-state index in [1.807, 2.05) is 7.11 Å². The molecule has 0 amide bonds. The zero-order chi connectivity index (χ0) is 11.5. The number of halogens is 1. The molecule has 1 nitrogen and oxygen atoms in total. The van der Waals surface area contributed by atoms with Gasteiger partial charge in [0.25, 0.3) is 0 Å². The zero-order valence-electron chi connectivity index (χ0n) is 10.6. The summed E-state index contributed by atoms with van der Waals surface area (Å²) in [6.45, 7) is 6.75. The molecular formula is C13H25BrO. The monoisotopic (exact) mass is 276 g/mol. The highest BCUT2D eigenvalue weighted by molar-refractivity contribution is 9.09. The summed E-state index contributed by atoms with van der Waals surface area (Å²) in [5.74, 6) is 1.76. The Hall–Kier alpha value is 0.440. The highest BCUT2D eigenvalue weighted by atomic mass is 79.9. The van der Waals surface area contributed by atoms with Crippen molar-refractivity contribution in [2.45, 2.75) is 63.3 Å². The number of rotatable bonds is 4. The maximum atomic E-state index is 5.48. The fourth-order valence-corrected chi connectivity index (χ4v) is 3.14. The van der Waals surface area contributed by atoms with E-state index in [1.165, 1.54) is 32.1 Å². The van der Waals surface area contributed by atoms with Gasteiger partial charge in [-0.2, -0.15) is 0 Å². The third-order valence-electron chi connectivity index (χ3n) is 3.82. The van der Waals surface area contributed by atoms with Crippen molar-refractivity contribution in [2.75, 3.05) is 7.11 Å². The third kappa shape index (κ3) is 4.44. The Labute approximate surface area is 103 Å². The minimum Gasteiger partial charge on any atom is -0.379 e. The predicted octanol–water partition coefficient (Wildman–Crippen LogP) is 4.39. The second kappa shape index (κ2) is 5.67. The minimum absolute atomic E-state index is 0.0490. The predicted molar refractivity (Wildman–Crippen MR) is 69.5 cm³/mol. The molecule has 1 aliphatic carbocycles. The van der Waals surface area contributed by atoms with Gasteiger partial charge in [0.15, 0.2) is 0 Å². The first-order chi connectivity index (χ1) is 6.94. The average Bonchev–Trinajstić information content (AvgIpc) is 2.20. The van der Waals surface area contributed by atoms with Crippen LogP contribution in [0.2, 0.25) is 0 Å². The van der Waals surface area contributed by atoms with Gasteiger partial charge in [-0.25, -0.2) is 0 Å². The van der Waals surface area contributed by atoms with Gasteiger partial charge in [-0.15, -0.1) is 0 Å². The standard InChI is InChI=1S/C13H25BrO/c1-10-5-6-12(14)11(9-10)7-8-13(2,3)15-4/h10-12H,5-9H2,1-4H3. The molecule has 0 aromatic heterocycles. The molecule has 0 saturated heterocycles. The van der Waals surface area contributed by atoms with E-state index in [0.29, 0.717) is 0 Å². The SMILES string of the molecule is COC(C)(C)CCC1CC(C)CCC1Br. The first-order valence-corrected chi connectivity index (χ1v) is 7.05. The molecule has 1 aliphatic rings. The lowest BCUT2D eigenvalue weighted by molar-refractivity contribution is 0.00871. The summed E-state index contributed by atoms with van der Waals surface area (Å²) in [5.41, 5.74) is 0.0490. The molecule has 0 aliphatic heterocycles. The van der Waals surface area contributed by atoms with E-state index >= 15 is 0 Å². The largest absolute Gasteiger partial charge is 0.379 e. The van der Waals surface area contributed by atoms with Crippen LogP contribution in [-0.4, -0.2) is 17.5 Å². The maximum Gasteiger partial charge on any atom is 0.0622 e. The number of ether oxygens (including phenoxy) is 1. The molecule has 0 aromatic rings. The van der Waals surface area contributed by atoms with Crippen LogP contribution in [0.5, 0.6) is 0 Å². The molecule has 0 heterocycles. The fraction of sp³-hybridized carbons (Fsp3) is 1.00. The maximum absolute atomic E-state index is 5.48. The van der Waals surface area contributed by atoms with Crippen molar-refractivity contribution < 1.29 is 4.74 Å². The lowest BCUT2D eigenvalue weighted by Gasteiger charge is -2.33. The fourth-order valence-electron chi connectivity index (χ4n) is 2.40. The molecule has 90 valence electrons. The second-order valence-corrected chi connectivity index (χ2v) is 6.87. The molecular weight excluding hydrogens is 252 g/mol. The molecule has 0 radical (unpaired) electrons. The Kier molecular flexibility index (Phi) is 5.11. The van der Waals surface area contributed by atoms with Crippen molar-refractivity contribution in [2.24, 2.45) is 11.8 Å². The van der Waals surface area contributed by atoms with E-state index in [0.717, 1.165) is 16.7 Å². The van der Waals surface area contributed by atoms with Gasteiger partial charge >= 0.3 is 0 Å². The molecule has 1 saturated carbocycles. The van der Waals surface area contributed by atoms with Gasteiger partial charge in [0, 0.05) is 11.9 Å². The van der Waals surface area contributed by atoms with Crippen LogP contribution in [0, 0.1) is 11.8 Å². The second-order valence-electron chi connectivity index (χ2n) is 5.70. The van der Waals surface area contributed by atoms with Crippen LogP contribution >= 0.6 is 15.9 Å². The van der Waals surface area contributed by atoms with Gasteiger partial charge in [-0.05, 0) is 57.8 Å². The van der Waals surface area contributed by atoms with Gasteiger partial charge in [-0.1, -0.05) is 22.9 Å². The normalized spacial score (nSPS) is 33.0. The quantitative estimate of drug-likeness (QED) is 0.692. The van der Waals surface area contributed by atoms with E-state index in [1.54, 1.807) is 0 Å². The van der Waals surface area contributed by atoms with E-state index in [2.05, 4.69) is 36.7 Å². The Bertz CT molecular complexity index is 191. The van der Waals surface area contributed by atoms with Gasteiger partial charge in [0.1, 0.15) is 0 Å². The summed E-state index contributed by atoms with van der Waals surface area (Å²) < 4.78 is 5.48. The summed E-state index contributed by atoms with van der Waals surface area (Å²) >= 11 is 3.83. The molecule has 3 atom stereocenters. The summed E-state index contributed by atoms with van der Waals surface area (Å²) in [6.07, 6.45) is 6.58. The van der Waals surface area contributed by atoms with Crippen molar-refractivity contribution in [3.05, 3.63) is 0 Å². The molecule has 0 bridgehead atoms. The first-order valence-electron chi connectivity index (χ1n) is 6.14. The Morgan fingerprint density at radius 2 is 2.00 bits per heavy atom. The minimum atomic E-state index is 0.0490. The topological polar surface area (TPSA) is 9.23 Å². The molecule has 15 heavy (non-hydrogen) atoms. The van der Waals surface area contributed by atoms with Crippen molar-refractivity contribution in [1.29, 1.82) is 0 Å². The van der Waals surface area contributed by atoms with Crippen LogP contribution in [0.3, 0.4) is 0 Å². The van der Waals surface area contributed by atoms with Crippen molar-refractivity contribution in [3.8, 4) is 0 Å². The summed E-state index contributed by atoms with van der Waals surface area (Å²) in [6, 6.07) is 0. The first kappa shape index (κ1) is 13.5. The molecule has 3 unspecified atom stereocenters. The molecule has 0 N–H and O–H groups in total. The highest BCUT2D eigenvalue weighted by Gasteiger charge is 2.28. The summed E-state index contributed by atoms with van der Waals surface area (Å²) in [4.78, 5) is 0.737. The van der Waals surface area contributed by atoms with Gasteiger partial charge in [0.05, 0.1) is 5.60 Å². The van der Waals surface area contributed by atoms with Gasteiger partial charge in [-0.3, -0.25) is 0 Å². The van der Waals surface area contributed by atoms with Crippen LogP contribution in [0.15, 0.2) is 0 Å². The highest BCUT2D eigenvalue weighted by Crippen LogP contribution is 2.37.